The zero-order chi connectivity index (χ0) is 11.6. The average Bonchev–Trinajstić information content (AvgIpc) is 2.10. The lowest BCUT2D eigenvalue weighted by atomic mass is 9.68. The Balaban J connectivity index is 2.95. The summed E-state index contributed by atoms with van der Waals surface area (Å²) in [7, 11) is 0. The molecule has 2 unspecified atom stereocenters. The quantitative estimate of drug-likeness (QED) is 0.686. The third kappa shape index (κ3) is 2.94. The van der Waals surface area contributed by atoms with Crippen molar-refractivity contribution < 1.29 is 5.11 Å². The third-order valence-corrected chi connectivity index (χ3v) is 3.68. The molecule has 0 radical (unpaired) electrons. The molecule has 0 amide bonds. The minimum Gasteiger partial charge on any atom is -0.389 e. The highest BCUT2D eigenvalue weighted by molar-refractivity contribution is 5.22. The predicted octanol–water partition coefficient (Wildman–Crippen LogP) is 3.70. The first-order chi connectivity index (χ1) is 6.84. The smallest absolute Gasteiger partial charge is 0.0719 e. The molecule has 1 N–H and O–H groups in total. The lowest BCUT2D eigenvalue weighted by Crippen LogP contribution is -2.27. The topological polar surface area (TPSA) is 20.2 Å². The van der Waals surface area contributed by atoms with Gasteiger partial charge in [0.05, 0.1) is 6.10 Å². The molecule has 0 aromatic rings. The molecule has 86 valence electrons. The van der Waals surface area contributed by atoms with Crippen LogP contribution in [0.15, 0.2) is 23.3 Å². The summed E-state index contributed by atoms with van der Waals surface area (Å²) in [5, 5.41) is 9.52. The van der Waals surface area contributed by atoms with Crippen molar-refractivity contribution in [1.29, 1.82) is 0 Å². The van der Waals surface area contributed by atoms with Crippen LogP contribution >= 0.6 is 0 Å². The standard InChI is InChI=1S/C14H24O/c1-10-7-6-8-14(4,5)13(10)9-11(2)12(3)15/h7,9,12-13,15H,6,8H2,1-5H3/b11-9+. The van der Waals surface area contributed by atoms with Crippen molar-refractivity contribution in [2.75, 3.05) is 0 Å². The van der Waals surface area contributed by atoms with Gasteiger partial charge in [-0.2, -0.15) is 0 Å². The maximum absolute atomic E-state index is 9.52. The molecule has 0 heterocycles. The Hall–Kier alpha value is -0.560. The Kier molecular flexibility index (Phi) is 3.77. The van der Waals surface area contributed by atoms with E-state index in [0.29, 0.717) is 11.3 Å². The zero-order valence-corrected chi connectivity index (χ0v) is 10.7. The van der Waals surface area contributed by atoms with E-state index in [2.05, 4.69) is 32.9 Å². The van der Waals surface area contributed by atoms with E-state index in [1.54, 1.807) is 0 Å². The van der Waals surface area contributed by atoms with Crippen LogP contribution in [0.2, 0.25) is 0 Å². The number of allylic oxidation sites excluding steroid dienone is 3. The number of aliphatic hydroxyl groups is 1. The van der Waals surface area contributed by atoms with Gasteiger partial charge in [-0.15, -0.1) is 0 Å². The fourth-order valence-corrected chi connectivity index (χ4v) is 2.33. The predicted molar refractivity (Wildman–Crippen MR) is 65.7 cm³/mol. The second-order valence-electron chi connectivity index (χ2n) is 5.54. The van der Waals surface area contributed by atoms with Gasteiger partial charge in [0.2, 0.25) is 0 Å². The van der Waals surface area contributed by atoms with Crippen LogP contribution in [0.4, 0.5) is 0 Å². The van der Waals surface area contributed by atoms with E-state index < -0.39 is 0 Å². The first kappa shape index (κ1) is 12.5. The lowest BCUT2D eigenvalue weighted by Gasteiger charge is -2.37. The summed E-state index contributed by atoms with van der Waals surface area (Å²) in [5.41, 5.74) is 2.86. The normalized spacial score (nSPS) is 28.5. The molecule has 1 rings (SSSR count). The van der Waals surface area contributed by atoms with E-state index >= 15 is 0 Å². The van der Waals surface area contributed by atoms with E-state index in [4.69, 9.17) is 0 Å². The van der Waals surface area contributed by atoms with Crippen LogP contribution < -0.4 is 0 Å². The van der Waals surface area contributed by atoms with Gasteiger partial charge in [0.1, 0.15) is 0 Å². The molecule has 0 aromatic carbocycles. The maximum Gasteiger partial charge on any atom is 0.0719 e. The third-order valence-electron chi connectivity index (χ3n) is 3.68. The summed E-state index contributed by atoms with van der Waals surface area (Å²) in [6, 6.07) is 0. The second kappa shape index (κ2) is 4.52. The minimum absolute atomic E-state index is 0.324. The van der Waals surface area contributed by atoms with E-state index in [1.807, 2.05) is 13.8 Å². The second-order valence-corrected chi connectivity index (χ2v) is 5.54. The molecule has 0 aromatic heterocycles. The summed E-state index contributed by atoms with van der Waals surface area (Å²) >= 11 is 0. The van der Waals surface area contributed by atoms with Gasteiger partial charge in [0.15, 0.2) is 0 Å². The fraction of sp³-hybridized carbons (Fsp3) is 0.714. The number of rotatable bonds is 2. The van der Waals surface area contributed by atoms with Crippen LogP contribution in [0, 0.1) is 11.3 Å². The molecule has 1 nitrogen and oxygen atoms in total. The largest absolute Gasteiger partial charge is 0.389 e. The number of hydrogen-bond donors (Lipinski definition) is 1. The summed E-state index contributed by atoms with van der Waals surface area (Å²) in [5.74, 6) is 0.487. The molecule has 15 heavy (non-hydrogen) atoms. The molecular weight excluding hydrogens is 184 g/mol. The molecule has 0 saturated carbocycles. The van der Waals surface area contributed by atoms with Gasteiger partial charge in [0.25, 0.3) is 0 Å². The van der Waals surface area contributed by atoms with Gasteiger partial charge in [0, 0.05) is 5.92 Å². The van der Waals surface area contributed by atoms with Gasteiger partial charge in [-0.05, 0) is 44.6 Å². The molecule has 1 aliphatic carbocycles. The van der Waals surface area contributed by atoms with Crippen LogP contribution in [0.5, 0.6) is 0 Å². The van der Waals surface area contributed by atoms with Gasteiger partial charge >= 0.3 is 0 Å². The Morgan fingerprint density at radius 3 is 2.67 bits per heavy atom. The van der Waals surface area contributed by atoms with Crippen LogP contribution in [0.3, 0.4) is 0 Å². The van der Waals surface area contributed by atoms with Crippen molar-refractivity contribution in [3.8, 4) is 0 Å². The van der Waals surface area contributed by atoms with Crippen LogP contribution in [-0.4, -0.2) is 11.2 Å². The Morgan fingerprint density at radius 1 is 1.60 bits per heavy atom. The van der Waals surface area contributed by atoms with Crippen molar-refractivity contribution >= 4 is 0 Å². The monoisotopic (exact) mass is 208 g/mol. The first-order valence-electron chi connectivity index (χ1n) is 5.87. The Bertz CT molecular complexity index is 282. The van der Waals surface area contributed by atoms with Gasteiger partial charge < -0.3 is 5.11 Å². The molecule has 0 fully saturated rings. The van der Waals surface area contributed by atoms with Crippen molar-refractivity contribution in [3.63, 3.8) is 0 Å². The minimum atomic E-state index is -0.324. The molecule has 2 atom stereocenters. The first-order valence-corrected chi connectivity index (χ1v) is 5.87. The van der Waals surface area contributed by atoms with E-state index in [9.17, 15) is 5.11 Å². The summed E-state index contributed by atoms with van der Waals surface area (Å²) < 4.78 is 0. The zero-order valence-electron chi connectivity index (χ0n) is 10.7. The highest BCUT2D eigenvalue weighted by Crippen LogP contribution is 2.42. The van der Waals surface area contributed by atoms with Crippen LogP contribution in [0.1, 0.15) is 47.5 Å². The lowest BCUT2D eigenvalue weighted by molar-refractivity contribution is 0.223. The van der Waals surface area contributed by atoms with Crippen LogP contribution in [-0.2, 0) is 0 Å². The number of hydrogen-bond acceptors (Lipinski definition) is 1. The van der Waals surface area contributed by atoms with Crippen molar-refractivity contribution in [3.05, 3.63) is 23.3 Å². The van der Waals surface area contributed by atoms with E-state index in [-0.39, 0.29) is 6.10 Å². The molecule has 0 saturated heterocycles. The maximum atomic E-state index is 9.52. The van der Waals surface area contributed by atoms with E-state index in [0.717, 1.165) is 5.57 Å². The highest BCUT2D eigenvalue weighted by atomic mass is 16.3. The fourth-order valence-electron chi connectivity index (χ4n) is 2.33. The van der Waals surface area contributed by atoms with Crippen molar-refractivity contribution in [1.82, 2.24) is 0 Å². The van der Waals surface area contributed by atoms with Gasteiger partial charge in [-0.25, -0.2) is 0 Å². The molecular formula is C14H24O. The van der Waals surface area contributed by atoms with Crippen molar-refractivity contribution in [2.24, 2.45) is 11.3 Å². The number of aliphatic hydroxyl groups excluding tert-OH is 1. The molecule has 0 bridgehead atoms. The SMILES string of the molecule is CC1=CCCC(C)(C)C1/C=C(\C)C(C)O. The average molecular weight is 208 g/mol. The van der Waals surface area contributed by atoms with Gasteiger partial charge in [-0.3, -0.25) is 0 Å². The Labute approximate surface area is 93.9 Å². The molecule has 0 aliphatic heterocycles. The summed E-state index contributed by atoms with van der Waals surface area (Å²) in [4.78, 5) is 0. The highest BCUT2D eigenvalue weighted by Gasteiger charge is 2.31. The van der Waals surface area contributed by atoms with Crippen molar-refractivity contribution in [2.45, 2.75) is 53.6 Å². The molecule has 1 heteroatoms. The summed E-state index contributed by atoms with van der Waals surface area (Å²) in [6.07, 6.45) is 6.68. The van der Waals surface area contributed by atoms with Crippen LogP contribution in [0.25, 0.3) is 0 Å². The molecule has 1 aliphatic rings. The Morgan fingerprint density at radius 2 is 2.20 bits per heavy atom. The summed E-state index contributed by atoms with van der Waals surface area (Å²) in [6.45, 7) is 10.7. The van der Waals surface area contributed by atoms with Gasteiger partial charge in [-0.1, -0.05) is 31.6 Å². The molecule has 0 spiro atoms. The van der Waals surface area contributed by atoms with E-state index in [1.165, 1.54) is 18.4 Å².